The van der Waals surface area contributed by atoms with E-state index in [1.54, 1.807) is 18.2 Å². The Labute approximate surface area is 113 Å². The smallest absolute Gasteiger partial charge is 0.340 e. The quantitative estimate of drug-likeness (QED) is 0.670. The van der Waals surface area contributed by atoms with Gasteiger partial charge in [0.2, 0.25) is 0 Å². The van der Waals surface area contributed by atoms with Gasteiger partial charge < -0.3 is 15.2 Å². The van der Waals surface area contributed by atoms with E-state index in [0.29, 0.717) is 29.5 Å². The van der Waals surface area contributed by atoms with E-state index in [4.69, 9.17) is 15.2 Å². The van der Waals surface area contributed by atoms with Crippen LogP contribution in [0.5, 0.6) is 5.75 Å². The molecule has 1 fully saturated rings. The predicted octanol–water partition coefficient (Wildman–Crippen LogP) is 3.01. The number of ether oxygens (including phenoxy) is 2. The highest BCUT2D eigenvalue weighted by atomic mass is 16.5. The SMILES string of the molecule is COC(=O)c1cc(OCC2CCCCC2)ccc1N. The Kier molecular flexibility index (Phi) is 4.66. The standard InChI is InChI=1S/C15H21NO3/c1-18-15(17)13-9-12(7-8-14(13)16)19-10-11-5-3-2-4-6-11/h7-9,11H,2-6,10,16H2,1H3. The zero-order valence-electron chi connectivity index (χ0n) is 11.4. The molecular formula is C15H21NO3. The molecule has 2 rings (SSSR count). The van der Waals surface area contributed by atoms with Crippen LogP contribution in [-0.2, 0) is 4.74 Å². The van der Waals surface area contributed by atoms with Crippen LogP contribution in [0.4, 0.5) is 5.69 Å². The van der Waals surface area contributed by atoms with Crippen molar-refractivity contribution in [2.45, 2.75) is 32.1 Å². The van der Waals surface area contributed by atoms with Gasteiger partial charge in [0.05, 0.1) is 19.3 Å². The fourth-order valence-electron chi connectivity index (χ4n) is 2.48. The zero-order valence-corrected chi connectivity index (χ0v) is 11.4. The Morgan fingerprint density at radius 3 is 2.74 bits per heavy atom. The highest BCUT2D eigenvalue weighted by Crippen LogP contribution is 2.26. The molecule has 1 aromatic rings. The summed E-state index contributed by atoms with van der Waals surface area (Å²) in [6.45, 7) is 0.713. The molecule has 0 spiro atoms. The first kappa shape index (κ1) is 13.7. The van der Waals surface area contributed by atoms with Crippen LogP contribution in [0.2, 0.25) is 0 Å². The molecule has 4 heteroatoms. The predicted molar refractivity (Wildman–Crippen MR) is 74.3 cm³/mol. The summed E-state index contributed by atoms with van der Waals surface area (Å²) in [7, 11) is 1.34. The van der Waals surface area contributed by atoms with Crippen molar-refractivity contribution >= 4 is 11.7 Å². The molecule has 104 valence electrons. The summed E-state index contributed by atoms with van der Waals surface area (Å²) in [4.78, 5) is 11.5. The van der Waals surface area contributed by atoms with E-state index in [2.05, 4.69) is 0 Å². The maximum absolute atomic E-state index is 11.5. The molecule has 0 heterocycles. The van der Waals surface area contributed by atoms with Crippen molar-refractivity contribution in [1.29, 1.82) is 0 Å². The van der Waals surface area contributed by atoms with Gasteiger partial charge in [-0.15, -0.1) is 0 Å². The van der Waals surface area contributed by atoms with Crippen molar-refractivity contribution in [1.82, 2.24) is 0 Å². The van der Waals surface area contributed by atoms with E-state index in [1.807, 2.05) is 0 Å². The molecular weight excluding hydrogens is 242 g/mol. The zero-order chi connectivity index (χ0) is 13.7. The van der Waals surface area contributed by atoms with Crippen LogP contribution in [0.15, 0.2) is 18.2 Å². The fourth-order valence-corrected chi connectivity index (χ4v) is 2.48. The monoisotopic (exact) mass is 263 g/mol. The van der Waals surface area contributed by atoms with Gasteiger partial charge in [0, 0.05) is 5.69 Å². The average molecular weight is 263 g/mol. The Hall–Kier alpha value is -1.71. The molecule has 0 unspecified atom stereocenters. The molecule has 0 atom stereocenters. The molecule has 0 aliphatic heterocycles. The number of esters is 1. The number of anilines is 1. The van der Waals surface area contributed by atoms with E-state index in [-0.39, 0.29) is 0 Å². The Bertz CT molecular complexity index is 439. The largest absolute Gasteiger partial charge is 0.493 e. The van der Waals surface area contributed by atoms with Crippen molar-refractivity contribution in [3.05, 3.63) is 23.8 Å². The summed E-state index contributed by atoms with van der Waals surface area (Å²) >= 11 is 0. The molecule has 0 saturated heterocycles. The number of nitrogen functional groups attached to an aromatic ring is 1. The second-order valence-electron chi connectivity index (χ2n) is 5.06. The second kappa shape index (κ2) is 6.45. The van der Waals surface area contributed by atoms with Crippen molar-refractivity contribution in [3.63, 3.8) is 0 Å². The van der Waals surface area contributed by atoms with Gasteiger partial charge in [-0.2, -0.15) is 0 Å². The van der Waals surface area contributed by atoms with Gasteiger partial charge in [-0.05, 0) is 37.0 Å². The molecule has 2 N–H and O–H groups in total. The van der Waals surface area contributed by atoms with Gasteiger partial charge in [-0.3, -0.25) is 0 Å². The topological polar surface area (TPSA) is 61.5 Å². The number of rotatable bonds is 4. The van der Waals surface area contributed by atoms with Gasteiger partial charge in [0.15, 0.2) is 0 Å². The lowest BCUT2D eigenvalue weighted by Gasteiger charge is -2.21. The first-order valence-electron chi connectivity index (χ1n) is 6.81. The molecule has 1 aliphatic rings. The third-order valence-electron chi connectivity index (χ3n) is 3.64. The molecule has 0 radical (unpaired) electrons. The summed E-state index contributed by atoms with van der Waals surface area (Å²) in [5, 5.41) is 0. The highest BCUT2D eigenvalue weighted by Gasteiger charge is 2.15. The molecule has 0 amide bonds. The first-order valence-corrected chi connectivity index (χ1v) is 6.81. The molecule has 1 aromatic carbocycles. The number of carbonyl (C=O) groups is 1. The maximum Gasteiger partial charge on any atom is 0.340 e. The van der Waals surface area contributed by atoms with Crippen LogP contribution in [0, 0.1) is 5.92 Å². The van der Waals surface area contributed by atoms with Crippen LogP contribution < -0.4 is 10.5 Å². The number of carbonyl (C=O) groups excluding carboxylic acids is 1. The van der Waals surface area contributed by atoms with Crippen molar-refractivity contribution in [2.75, 3.05) is 19.5 Å². The molecule has 1 aliphatic carbocycles. The summed E-state index contributed by atoms with van der Waals surface area (Å²) in [6, 6.07) is 5.14. The van der Waals surface area contributed by atoms with E-state index < -0.39 is 5.97 Å². The van der Waals surface area contributed by atoms with Crippen LogP contribution >= 0.6 is 0 Å². The Balaban J connectivity index is 1.98. The lowest BCUT2D eigenvalue weighted by atomic mass is 9.90. The summed E-state index contributed by atoms with van der Waals surface area (Å²) < 4.78 is 10.5. The third-order valence-corrected chi connectivity index (χ3v) is 3.64. The number of nitrogens with two attached hydrogens (primary N) is 1. The van der Waals surface area contributed by atoms with Crippen molar-refractivity contribution in [3.8, 4) is 5.75 Å². The van der Waals surface area contributed by atoms with Gasteiger partial charge in [0.25, 0.3) is 0 Å². The highest BCUT2D eigenvalue weighted by molar-refractivity contribution is 5.95. The van der Waals surface area contributed by atoms with E-state index >= 15 is 0 Å². The summed E-state index contributed by atoms with van der Waals surface area (Å²) in [6.07, 6.45) is 6.40. The van der Waals surface area contributed by atoms with Gasteiger partial charge >= 0.3 is 5.97 Å². The molecule has 19 heavy (non-hydrogen) atoms. The third kappa shape index (κ3) is 3.63. The van der Waals surface area contributed by atoms with E-state index in [0.717, 1.165) is 0 Å². The summed E-state index contributed by atoms with van der Waals surface area (Å²) in [5.74, 6) is 0.883. The van der Waals surface area contributed by atoms with Crippen LogP contribution in [-0.4, -0.2) is 19.7 Å². The van der Waals surface area contributed by atoms with Crippen molar-refractivity contribution < 1.29 is 14.3 Å². The Morgan fingerprint density at radius 1 is 1.32 bits per heavy atom. The maximum atomic E-state index is 11.5. The Morgan fingerprint density at radius 2 is 2.05 bits per heavy atom. The van der Waals surface area contributed by atoms with Gasteiger partial charge in [-0.1, -0.05) is 19.3 Å². The average Bonchev–Trinajstić information content (AvgIpc) is 2.46. The molecule has 0 aromatic heterocycles. The van der Waals surface area contributed by atoms with Crippen LogP contribution in [0.3, 0.4) is 0 Å². The first-order chi connectivity index (χ1) is 9.20. The van der Waals surface area contributed by atoms with Crippen molar-refractivity contribution in [2.24, 2.45) is 5.92 Å². The second-order valence-corrected chi connectivity index (χ2v) is 5.06. The number of hydrogen-bond acceptors (Lipinski definition) is 4. The molecule has 4 nitrogen and oxygen atoms in total. The van der Waals surface area contributed by atoms with Gasteiger partial charge in [0.1, 0.15) is 5.75 Å². The lowest BCUT2D eigenvalue weighted by Crippen LogP contribution is -2.15. The normalized spacial score (nSPS) is 16.1. The molecule has 0 bridgehead atoms. The molecule has 1 saturated carbocycles. The minimum absolute atomic E-state index is 0.364. The lowest BCUT2D eigenvalue weighted by molar-refractivity contribution is 0.0601. The van der Waals surface area contributed by atoms with Crippen LogP contribution in [0.25, 0.3) is 0 Å². The minimum Gasteiger partial charge on any atom is -0.493 e. The van der Waals surface area contributed by atoms with E-state index in [1.165, 1.54) is 39.2 Å². The van der Waals surface area contributed by atoms with E-state index in [9.17, 15) is 4.79 Å². The number of methoxy groups -OCH3 is 1. The summed E-state index contributed by atoms with van der Waals surface area (Å²) in [5.41, 5.74) is 6.53. The van der Waals surface area contributed by atoms with Crippen LogP contribution in [0.1, 0.15) is 42.5 Å². The number of benzene rings is 1. The van der Waals surface area contributed by atoms with Gasteiger partial charge in [-0.25, -0.2) is 4.79 Å². The minimum atomic E-state index is -0.430. The fraction of sp³-hybridized carbons (Fsp3) is 0.533. The number of hydrogen-bond donors (Lipinski definition) is 1.